The third kappa shape index (κ3) is 2.64. The van der Waals surface area contributed by atoms with Crippen LogP contribution in [-0.2, 0) is 0 Å². The molecule has 0 amide bonds. The van der Waals surface area contributed by atoms with Crippen molar-refractivity contribution in [1.29, 1.82) is 5.26 Å². The standard InChI is InChI=1S/C12H7N3O2S/c13-6-8-3-4-10(15-7-8)18-11-9(12(16)17)2-1-5-14-11/h1-5,7H,(H,16,17). The van der Waals surface area contributed by atoms with Gasteiger partial charge in [0, 0.05) is 12.4 Å². The lowest BCUT2D eigenvalue weighted by atomic mass is 10.3. The zero-order chi connectivity index (χ0) is 13.0. The van der Waals surface area contributed by atoms with Crippen LogP contribution in [0.2, 0.25) is 0 Å². The molecule has 0 aliphatic rings. The molecule has 0 aliphatic heterocycles. The van der Waals surface area contributed by atoms with Crippen LogP contribution in [0.15, 0.2) is 46.7 Å². The van der Waals surface area contributed by atoms with Gasteiger partial charge in [-0.25, -0.2) is 14.8 Å². The molecule has 0 spiro atoms. The zero-order valence-electron chi connectivity index (χ0n) is 9.07. The summed E-state index contributed by atoms with van der Waals surface area (Å²) in [5.74, 6) is -1.03. The SMILES string of the molecule is N#Cc1ccc(Sc2ncccc2C(=O)O)nc1. The lowest BCUT2D eigenvalue weighted by Crippen LogP contribution is -2.00. The van der Waals surface area contributed by atoms with Crippen LogP contribution in [0.5, 0.6) is 0 Å². The molecule has 0 saturated heterocycles. The van der Waals surface area contributed by atoms with Gasteiger partial charge in [0.25, 0.3) is 0 Å². The summed E-state index contributed by atoms with van der Waals surface area (Å²) in [6.07, 6.45) is 2.96. The molecule has 18 heavy (non-hydrogen) atoms. The van der Waals surface area contributed by atoms with Gasteiger partial charge in [-0.3, -0.25) is 0 Å². The number of pyridine rings is 2. The molecule has 2 heterocycles. The van der Waals surface area contributed by atoms with Crippen molar-refractivity contribution in [2.75, 3.05) is 0 Å². The van der Waals surface area contributed by atoms with E-state index in [9.17, 15) is 4.79 Å². The Morgan fingerprint density at radius 2 is 2.17 bits per heavy atom. The van der Waals surface area contributed by atoms with Crippen LogP contribution >= 0.6 is 11.8 Å². The number of aromatic nitrogens is 2. The second-order valence-corrected chi connectivity index (χ2v) is 4.27. The maximum absolute atomic E-state index is 11.0. The van der Waals surface area contributed by atoms with E-state index in [0.717, 1.165) is 11.8 Å². The number of nitriles is 1. The van der Waals surface area contributed by atoms with Gasteiger partial charge in [0.05, 0.1) is 11.1 Å². The van der Waals surface area contributed by atoms with Crippen LogP contribution in [0, 0.1) is 11.3 Å². The molecule has 2 aromatic rings. The number of carbonyl (C=O) groups is 1. The molecule has 2 rings (SSSR count). The second-order valence-electron chi connectivity index (χ2n) is 3.26. The Labute approximate surface area is 107 Å². The van der Waals surface area contributed by atoms with E-state index >= 15 is 0 Å². The van der Waals surface area contributed by atoms with E-state index in [-0.39, 0.29) is 5.56 Å². The van der Waals surface area contributed by atoms with Crippen LogP contribution in [0.4, 0.5) is 0 Å². The van der Waals surface area contributed by atoms with E-state index in [4.69, 9.17) is 10.4 Å². The maximum atomic E-state index is 11.0. The van der Waals surface area contributed by atoms with Crippen molar-refractivity contribution in [2.24, 2.45) is 0 Å². The molecule has 2 aromatic heterocycles. The average Bonchev–Trinajstić information content (AvgIpc) is 2.40. The topological polar surface area (TPSA) is 86.9 Å². The maximum Gasteiger partial charge on any atom is 0.338 e. The fourth-order valence-electron chi connectivity index (χ4n) is 1.24. The summed E-state index contributed by atoms with van der Waals surface area (Å²) < 4.78 is 0. The Hall–Kier alpha value is -2.39. The minimum Gasteiger partial charge on any atom is -0.478 e. The number of aromatic carboxylic acids is 1. The van der Waals surface area contributed by atoms with E-state index in [1.807, 2.05) is 6.07 Å². The molecule has 5 nitrogen and oxygen atoms in total. The van der Waals surface area contributed by atoms with Crippen LogP contribution < -0.4 is 0 Å². The Bertz CT molecular complexity index is 620. The molecule has 0 bridgehead atoms. The van der Waals surface area contributed by atoms with E-state index < -0.39 is 5.97 Å². The Morgan fingerprint density at radius 3 is 2.78 bits per heavy atom. The monoisotopic (exact) mass is 257 g/mol. The van der Waals surface area contributed by atoms with Gasteiger partial charge in [-0.05, 0) is 36.0 Å². The first-order valence-corrected chi connectivity index (χ1v) is 5.74. The number of nitrogens with zero attached hydrogens (tertiary/aromatic N) is 3. The largest absolute Gasteiger partial charge is 0.478 e. The predicted octanol–water partition coefficient (Wildman–Crippen LogP) is 2.20. The molecule has 0 radical (unpaired) electrons. The van der Waals surface area contributed by atoms with Gasteiger partial charge < -0.3 is 5.11 Å². The van der Waals surface area contributed by atoms with Gasteiger partial charge in [-0.1, -0.05) is 0 Å². The van der Waals surface area contributed by atoms with E-state index in [0.29, 0.717) is 15.6 Å². The van der Waals surface area contributed by atoms with Crippen molar-refractivity contribution in [1.82, 2.24) is 9.97 Å². The quantitative estimate of drug-likeness (QED) is 0.906. The van der Waals surface area contributed by atoms with Gasteiger partial charge in [0.2, 0.25) is 0 Å². The van der Waals surface area contributed by atoms with Crippen LogP contribution in [0.25, 0.3) is 0 Å². The normalized spacial score (nSPS) is 9.72. The minimum atomic E-state index is -1.03. The molecule has 88 valence electrons. The summed E-state index contributed by atoms with van der Waals surface area (Å²) in [7, 11) is 0. The van der Waals surface area contributed by atoms with Crippen molar-refractivity contribution in [3.8, 4) is 6.07 Å². The highest BCUT2D eigenvalue weighted by molar-refractivity contribution is 7.99. The summed E-state index contributed by atoms with van der Waals surface area (Å²) >= 11 is 1.15. The van der Waals surface area contributed by atoms with Gasteiger partial charge in [0.1, 0.15) is 16.1 Å². The van der Waals surface area contributed by atoms with Gasteiger partial charge >= 0.3 is 5.97 Å². The molecule has 0 saturated carbocycles. The molecule has 6 heteroatoms. The molecular formula is C12H7N3O2S. The van der Waals surface area contributed by atoms with Gasteiger partial charge in [0.15, 0.2) is 0 Å². The van der Waals surface area contributed by atoms with Crippen molar-refractivity contribution >= 4 is 17.7 Å². The summed E-state index contributed by atoms with van der Waals surface area (Å²) in [6.45, 7) is 0. The van der Waals surface area contributed by atoms with Gasteiger partial charge in [-0.15, -0.1) is 0 Å². The smallest absolute Gasteiger partial charge is 0.338 e. The summed E-state index contributed by atoms with van der Waals surface area (Å²) in [5, 5.41) is 18.6. The summed E-state index contributed by atoms with van der Waals surface area (Å²) in [6, 6.07) is 8.30. The molecule has 0 atom stereocenters. The lowest BCUT2D eigenvalue weighted by Gasteiger charge is -2.03. The predicted molar refractivity (Wildman–Crippen MR) is 64.3 cm³/mol. The molecule has 0 unspecified atom stereocenters. The molecular weight excluding hydrogens is 250 g/mol. The molecule has 0 aliphatic carbocycles. The van der Waals surface area contributed by atoms with Crippen molar-refractivity contribution < 1.29 is 9.90 Å². The first-order valence-electron chi connectivity index (χ1n) is 4.93. The van der Waals surface area contributed by atoms with E-state index in [1.165, 1.54) is 18.5 Å². The van der Waals surface area contributed by atoms with Crippen LogP contribution in [-0.4, -0.2) is 21.0 Å². The lowest BCUT2D eigenvalue weighted by molar-refractivity contribution is 0.0692. The number of hydrogen-bond acceptors (Lipinski definition) is 5. The minimum absolute atomic E-state index is 0.133. The average molecular weight is 257 g/mol. The van der Waals surface area contributed by atoms with Crippen LogP contribution in [0.1, 0.15) is 15.9 Å². The highest BCUT2D eigenvalue weighted by Gasteiger charge is 2.12. The fourth-order valence-corrected chi connectivity index (χ4v) is 2.06. The van der Waals surface area contributed by atoms with E-state index in [1.54, 1.807) is 18.2 Å². The first kappa shape index (κ1) is 12.1. The molecule has 0 fully saturated rings. The summed E-state index contributed by atoms with van der Waals surface area (Å²) in [4.78, 5) is 19.1. The van der Waals surface area contributed by atoms with Crippen molar-refractivity contribution in [3.05, 3.63) is 47.8 Å². The Morgan fingerprint density at radius 1 is 1.33 bits per heavy atom. The van der Waals surface area contributed by atoms with E-state index in [2.05, 4.69) is 9.97 Å². The highest BCUT2D eigenvalue weighted by atomic mass is 32.2. The second kappa shape index (κ2) is 5.29. The number of hydrogen-bond donors (Lipinski definition) is 1. The zero-order valence-corrected chi connectivity index (χ0v) is 9.89. The highest BCUT2D eigenvalue weighted by Crippen LogP contribution is 2.26. The molecule has 1 N–H and O–H groups in total. The third-order valence-electron chi connectivity index (χ3n) is 2.07. The van der Waals surface area contributed by atoms with Crippen molar-refractivity contribution in [2.45, 2.75) is 10.1 Å². The van der Waals surface area contributed by atoms with Crippen molar-refractivity contribution in [3.63, 3.8) is 0 Å². The molecule has 0 aromatic carbocycles. The fraction of sp³-hybridized carbons (Fsp3) is 0. The number of rotatable bonds is 3. The Balaban J connectivity index is 2.28. The number of carboxylic acid groups (broad SMARTS) is 1. The Kier molecular flexibility index (Phi) is 3.55. The number of carboxylic acids is 1. The van der Waals surface area contributed by atoms with Gasteiger partial charge in [-0.2, -0.15) is 5.26 Å². The van der Waals surface area contributed by atoms with Crippen LogP contribution in [0.3, 0.4) is 0 Å². The third-order valence-corrected chi connectivity index (χ3v) is 3.04. The summed E-state index contributed by atoms with van der Waals surface area (Å²) in [5.41, 5.74) is 0.590. The first-order chi connectivity index (χ1) is 8.70.